The van der Waals surface area contributed by atoms with Crippen molar-refractivity contribution in [3.63, 3.8) is 0 Å². The minimum absolute atomic E-state index is 0.245. The fourth-order valence-corrected chi connectivity index (χ4v) is 6.74. The molecule has 1 spiro atoms. The summed E-state index contributed by atoms with van der Waals surface area (Å²) in [5.74, 6) is 1.30. The summed E-state index contributed by atoms with van der Waals surface area (Å²) in [7, 11) is 0. The van der Waals surface area contributed by atoms with Gasteiger partial charge in [-0.05, 0) is 43.7 Å². The third-order valence-corrected chi connectivity index (χ3v) is 8.02. The lowest BCUT2D eigenvalue weighted by Gasteiger charge is -2.32. The van der Waals surface area contributed by atoms with Gasteiger partial charge in [-0.3, -0.25) is 9.69 Å². The normalized spacial score (nSPS) is 29.7. The van der Waals surface area contributed by atoms with E-state index in [-0.39, 0.29) is 5.54 Å². The molecule has 4 heterocycles. The Hall–Kier alpha value is -1.72. The van der Waals surface area contributed by atoms with Gasteiger partial charge in [0.15, 0.2) is 0 Å². The Balaban J connectivity index is 1.35. The summed E-state index contributed by atoms with van der Waals surface area (Å²) in [6.07, 6.45) is 4.19. The van der Waals surface area contributed by atoms with Crippen molar-refractivity contribution in [3.8, 4) is 0 Å². The molecule has 2 aromatic rings. The van der Waals surface area contributed by atoms with Crippen molar-refractivity contribution < 1.29 is 4.79 Å². The average Bonchev–Trinajstić information content (AvgIpc) is 3.44. The van der Waals surface area contributed by atoms with E-state index in [0.29, 0.717) is 23.8 Å². The third-order valence-electron chi connectivity index (χ3n) is 7.06. The zero-order valence-electron chi connectivity index (χ0n) is 16.8. The summed E-state index contributed by atoms with van der Waals surface area (Å²) in [5.41, 5.74) is 2.27. The van der Waals surface area contributed by atoms with Crippen LogP contribution < -0.4 is 0 Å². The lowest BCUT2D eigenvalue weighted by molar-refractivity contribution is -0.136. The first-order valence-corrected chi connectivity index (χ1v) is 11.5. The van der Waals surface area contributed by atoms with Crippen LogP contribution in [0, 0.1) is 5.92 Å². The number of thiazole rings is 1. The second-order valence-electron chi connectivity index (χ2n) is 8.92. The van der Waals surface area contributed by atoms with Gasteiger partial charge >= 0.3 is 0 Å². The predicted octanol–water partition coefficient (Wildman–Crippen LogP) is 4.25. The molecule has 0 bridgehead atoms. The van der Waals surface area contributed by atoms with E-state index in [9.17, 15) is 4.79 Å². The van der Waals surface area contributed by atoms with Crippen molar-refractivity contribution in [3.05, 3.63) is 52.0 Å². The Labute approximate surface area is 171 Å². The minimum atomic E-state index is -0.245. The van der Waals surface area contributed by atoms with E-state index in [1.165, 1.54) is 16.3 Å². The molecular weight excluding hydrogens is 366 g/mol. The quantitative estimate of drug-likeness (QED) is 0.759. The number of hydrogen-bond donors (Lipinski definition) is 0. The third kappa shape index (κ3) is 2.74. The van der Waals surface area contributed by atoms with Gasteiger partial charge in [0.25, 0.3) is 0 Å². The van der Waals surface area contributed by atoms with Crippen LogP contribution in [0.5, 0.6) is 0 Å². The molecule has 1 aromatic heterocycles. The molecule has 0 radical (unpaired) electrons. The van der Waals surface area contributed by atoms with Crippen LogP contribution in [-0.4, -0.2) is 45.9 Å². The molecular formula is C23H29N3OS. The highest BCUT2D eigenvalue weighted by atomic mass is 32.1. The van der Waals surface area contributed by atoms with Gasteiger partial charge in [0, 0.05) is 24.4 Å². The molecule has 0 unspecified atom stereocenters. The monoisotopic (exact) mass is 395 g/mol. The van der Waals surface area contributed by atoms with Gasteiger partial charge in [-0.25, -0.2) is 4.98 Å². The molecule has 0 aliphatic carbocycles. The Morgan fingerprint density at radius 2 is 2.11 bits per heavy atom. The van der Waals surface area contributed by atoms with Crippen molar-refractivity contribution in [2.24, 2.45) is 5.92 Å². The van der Waals surface area contributed by atoms with Crippen molar-refractivity contribution in [1.82, 2.24) is 14.8 Å². The van der Waals surface area contributed by atoms with Gasteiger partial charge in [-0.1, -0.05) is 44.2 Å². The molecule has 3 aliphatic heterocycles. The van der Waals surface area contributed by atoms with Crippen LogP contribution in [0.3, 0.4) is 0 Å². The van der Waals surface area contributed by atoms with Crippen molar-refractivity contribution >= 4 is 17.2 Å². The largest absolute Gasteiger partial charge is 0.340 e. The number of benzene rings is 1. The van der Waals surface area contributed by atoms with Gasteiger partial charge in [0.05, 0.1) is 11.7 Å². The topological polar surface area (TPSA) is 36.4 Å². The molecule has 3 aliphatic rings. The van der Waals surface area contributed by atoms with Crippen LogP contribution in [0.1, 0.15) is 61.3 Å². The number of carbonyl (C=O) groups excluding carboxylic acids is 1. The zero-order chi connectivity index (χ0) is 19.3. The number of rotatable bonds is 5. The first-order chi connectivity index (χ1) is 13.6. The SMILES string of the molecule is CC(C)c1csc([C@@H]2C[C@H]3CN(CCc4ccccc4)C(=O)[C@]34CCCN24)n1. The van der Waals surface area contributed by atoms with Crippen LogP contribution in [0.4, 0.5) is 0 Å². The summed E-state index contributed by atoms with van der Waals surface area (Å²) < 4.78 is 0. The highest BCUT2D eigenvalue weighted by Crippen LogP contribution is 2.56. The molecule has 1 amide bonds. The van der Waals surface area contributed by atoms with Gasteiger partial charge in [-0.2, -0.15) is 0 Å². The fraction of sp³-hybridized carbons (Fsp3) is 0.565. The van der Waals surface area contributed by atoms with Gasteiger partial charge in [-0.15, -0.1) is 11.3 Å². The smallest absolute Gasteiger partial charge is 0.243 e. The summed E-state index contributed by atoms with van der Waals surface area (Å²) >= 11 is 1.79. The number of likely N-dealkylation sites (tertiary alicyclic amines) is 1. The minimum Gasteiger partial charge on any atom is -0.340 e. The van der Waals surface area contributed by atoms with Crippen molar-refractivity contribution in [2.45, 2.75) is 57.0 Å². The van der Waals surface area contributed by atoms with E-state index < -0.39 is 0 Å². The summed E-state index contributed by atoms with van der Waals surface area (Å²) in [5, 5.41) is 3.44. The highest BCUT2D eigenvalue weighted by molar-refractivity contribution is 7.09. The van der Waals surface area contributed by atoms with Crippen LogP contribution in [0.15, 0.2) is 35.7 Å². The van der Waals surface area contributed by atoms with E-state index >= 15 is 0 Å². The number of carbonyl (C=O) groups is 1. The van der Waals surface area contributed by atoms with Gasteiger partial charge < -0.3 is 4.90 Å². The first kappa shape index (κ1) is 18.3. The molecule has 3 atom stereocenters. The summed E-state index contributed by atoms with van der Waals surface area (Å²) in [6, 6.07) is 10.9. The standard InChI is InChI=1S/C23H29N3OS/c1-16(2)19-15-28-21(24-19)20-13-18-14-25(12-9-17-7-4-3-5-8-17)22(27)23(18)10-6-11-26(20)23/h3-5,7-8,15-16,18,20H,6,9-14H2,1-2H3/t18-,20-,23-/m0/s1. The van der Waals surface area contributed by atoms with Crippen LogP contribution in [0.2, 0.25) is 0 Å². The molecule has 5 rings (SSSR count). The molecule has 1 aromatic carbocycles. The van der Waals surface area contributed by atoms with Crippen LogP contribution >= 0.6 is 11.3 Å². The second-order valence-corrected chi connectivity index (χ2v) is 9.81. The van der Waals surface area contributed by atoms with Crippen molar-refractivity contribution in [1.29, 1.82) is 0 Å². The summed E-state index contributed by atoms with van der Waals surface area (Å²) in [6.45, 7) is 7.20. The highest BCUT2D eigenvalue weighted by Gasteiger charge is 2.65. The Bertz CT molecular complexity index is 864. The molecule has 28 heavy (non-hydrogen) atoms. The summed E-state index contributed by atoms with van der Waals surface area (Å²) in [4.78, 5) is 23.2. The molecule has 3 saturated heterocycles. The second kappa shape index (κ2) is 6.96. The van der Waals surface area contributed by atoms with E-state index in [1.54, 1.807) is 11.3 Å². The molecule has 4 nitrogen and oxygen atoms in total. The predicted molar refractivity (Wildman–Crippen MR) is 112 cm³/mol. The molecule has 148 valence electrons. The molecule has 0 saturated carbocycles. The number of amides is 1. The maximum atomic E-state index is 13.6. The average molecular weight is 396 g/mol. The number of hydrogen-bond acceptors (Lipinski definition) is 4. The lowest BCUT2D eigenvalue weighted by atomic mass is 9.86. The molecule has 3 fully saturated rings. The lowest BCUT2D eigenvalue weighted by Crippen LogP contribution is -2.49. The van der Waals surface area contributed by atoms with E-state index in [0.717, 1.165) is 45.3 Å². The number of aromatic nitrogens is 1. The van der Waals surface area contributed by atoms with Gasteiger partial charge in [0.2, 0.25) is 5.91 Å². The van der Waals surface area contributed by atoms with E-state index in [2.05, 4.69) is 53.3 Å². The Morgan fingerprint density at radius 1 is 1.29 bits per heavy atom. The number of nitrogens with zero attached hydrogens (tertiary/aromatic N) is 3. The van der Waals surface area contributed by atoms with E-state index in [4.69, 9.17) is 4.98 Å². The first-order valence-electron chi connectivity index (χ1n) is 10.6. The Kier molecular flexibility index (Phi) is 4.55. The van der Waals surface area contributed by atoms with Crippen LogP contribution in [-0.2, 0) is 11.2 Å². The molecule has 0 N–H and O–H groups in total. The van der Waals surface area contributed by atoms with Crippen molar-refractivity contribution in [2.75, 3.05) is 19.6 Å². The maximum Gasteiger partial charge on any atom is 0.243 e. The molecule has 5 heteroatoms. The van der Waals surface area contributed by atoms with Crippen LogP contribution in [0.25, 0.3) is 0 Å². The fourth-order valence-electron chi connectivity index (χ4n) is 5.63. The van der Waals surface area contributed by atoms with Gasteiger partial charge in [0.1, 0.15) is 10.5 Å². The zero-order valence-corrected chi connectivity index (χ0v) is 17.6. The van der Waals surface area contributed by atoms with E-state index in [1.807, 2.05) is 6.07 Å². The maximum absolute atomic E-state index is 13.6. The Morgan fingerprint density at radius 3 is 2.86 bits per heavy atom.